The summed E-state index contributed by atoms with van der Waals surface area (Å²) in [5.41, 5.74) is 4.05. The third-order valence-electron chi connectivity index (χ3n) is 6.09. The molecule has 1 N–H and O–H groups in total. The topological polar surface area (TPSA) is 15.3 Å². The highest BCUT2D eigenvalue weighted by Crippen LogP contribution is 2.42. The summed E-state index contributed by atoms with van der Waals surface area (Å²) in [6.07, 6.45) is 10.7. The van der Waals surface area contributed by atoms with E-state index in [9.17, 15) is 0 Å². The second-order valence-electron chi connectivity index (χ2n) is 8.24. The van der Waals surface area contributed by atoms with Crippen molar-refractivity contribution in [3.8, 4) is 0 Å². The van der Waals surface area contributed by atoms with Crippen LogP contribution < -0.4 is 10.2 Å². The smallest absolute Gasteiger partial charge is 0.109 e. The molecule has 1 unspecified atom stereocenters. The molecule has 148 valence electrons. The third-order valence-corrected chi connectivity index (χ3v) is 7.12. The number of para-hydroxylation sites is 1. The van der Waals surface area contributed by atoms with E-state index in [1.54, 1.807) is 0 Å². The lowest BCUT2D eigenvalue weighted by Gasteiger charge is -2.28. The fraction of sp³-hybridized carbons (Fsp3) is 0.440. The molecule has 1 aliphatic carbocycles. The molecule has 3 heteroatoms. The molecule has 1 aliphatic heterocycles. The van der Waals surface area contributed by atoms with E-state index < -0.39 is 0 Å². The van der Waals surface area contributed by atoms with Crippen LogP contribution in [0.4, 0.5) is 5.69 Å². The number of thioether (sulfide) groups is 1. The Morgan fingerprint density at radius 1 is 1.00 bits per heavy atom. The standard InChI is InChI=1S/C25H32N2S/c1-20(18-21-10-4-2-5-11-21)26-19-23-14-8-9-15-24(23)27-16-17-28-25(27)22-12-6-3-7-13-22/h3,6-9,12-17,20-21,25-26H,2,4-5,10-11,18-19H2,1H3/t20-,25?/m0/s1. The second kappa shape index (κ2) is 9.67. The lowest BCUT2D eigenvalue weighted by molar-refractivity contribution is 0.304. The molecule has 0 saturated heterocycles. The molecule has 0 spiro atoms. The second-order valence-corrected chi connectivity index (χ2v) is 9.23. The number of nitrogens with one attached hydrogen (secondary N) is 1. The summed E-state index contributed by atoms with van der Waals surface area (Å²) in [6.45, 7) is 3.29. The highest BCUT2D eigenvalue weighted by atomic mass is 32.2. The largest absolute Gasteiger partial charge is 0.330 e. The van der Waals surface area contributed by atoms with E-state index in [2.05, 4.69) is 83.3 Å². The molecule has 1 saturated carbocycles. The predicted octanol–water partition coefficient (Wildman–Crippen LogP) is 6.86. The van der Waals surface area contributed by atoms with E-state index in [1.165, 1.54) is 55.3 Å². The van der Waals surface area contributed by atoms with E-state index in [0.29, 0.717) is 11.4 Å². The Morgan fingerprint density at radius 2 is 1.75 bits per heavy atom. The summed E-state index contributed by atoms with van der Waals surface area (Å²) in [7, 11) is 0. The van der Waals surface area contributed by atoms with Gasteiger partial charge in [0.2, 0.25) is 0 Å². The Bertz CT molecular complexity index is 767. The Labute approximate surface area is 174 Å². The zero-order valence-electron chi connectivity index (χ0n) is 16.9. The zero-order valence-corrected chi connectivity index (χ0v) is 17.7. The molecule has 2 aromatic rings. The summed E-state index contributed by atoms with van der Waals surface area (Å²) in [6, 6.07) is 20.2. The molecular weight excluding hydrogens is 360 g/mol. The zero-order chi connectivity index (χ0) is 19.2. The van der Waals surface area contributed by atoms with E-state index in [-0.39, 0.29) is 0 Å². The number of hydrogen-bond acceptors (Lipinski definition) is 3. The van der Waals surface area contributed by atoms with Crippen molar-refractivity contribution in [1.82, 2.24) is 5.32 Å². The van der Waals surface area contributed by atoms with Crippen molar-refractivity contribution < 1.29 is 0 Å². The fourth-order valence-electron chi connectivity index (χ4n) is 4.58. The van der Waals surface area contributed by atoms with Crippen molar-refractivity contribution in [1.29, 1.82) is 0 Å². The monoisotopic (exact) mass is 392 g/mol. The van der Waals surface area contributed by atoms with E-state index in [4.69, 9.17) is 0 Å². The Hall–Kier alpha value is -1.71. The first-order chi connectivity index (χ1) is 13.8. The van der Waals surface area contributed by atoms with Gasteiger partial charge in [-0.25, -0.2) is 0 Å². The molecule has 2 aromatic carbocycles. The molecule has 2 aliphatic rings. The van der Waals surface area contributed by atoms with Gasteiger partial charge >= 0.3 is 0 Å². The molecule has 1 heterocycles. The molecular formula is C25H32N2S. The van der Waals surface area contributed by atoms with Gasteiger partial charge in [-0.2, -0.15) is 0 Å². The highest BCUT2D eigenvalue weighted by molar-refractivity contribution is 8.02. The lowest BCUT2D eigenvalue weighted by Crippen LogP contribution is -2.29. The first kappa shape index (κ1) is 19.6. The first-order valence-electron chi connectivity index (χ1n) is 10.8. The lowest BCUT2D eigenvalue weighted by atomic mass is 9.85. The minimum Gasteiger partial charge on any atom is -0.330 e. The van der Waals surface area contributed by atoms with Crippen molar-refractivity contribution in [2.75, 3.05) is 4.90 Å². The average molecular weight is 393 g/mol. The maximum Gasteiger partial charge on any atom is 0.109 e. The van der Waals surface area contributed by atoms with Crippen molar-refractivity contribution in [2.45, 2.75) is 63.4 Å². The molecule has 1 fully saturated rings. The van der Waals surface area contributed by atoms with Crippen molar-refractivity contribution >= 4 is 17.4 Å². The Kier molecular flexibility index (Phi) is 6.77. The maximum absolute atomic E-state index is 3.81. The summed E-state index contributed by atoms with van der Waals surface area (Å²) in [4.78, 5) is 2.42. The van der Waals surface area contributed by atoms with Crippen LogP contribution in [0.3, 0.4) is 0 Å². The summed E-state index contributed by atoms with van der Waals surface area (Å²) in [5, 5.41) is 6.34. The van der Waals surface area contributed by atoms with Gasteiger partial charge < -0.3 is 10.2 Å². The highest BCUT2D eigenvalue weighted by Gasteiger charge is 2.25. The van der Waals surface area contributed by atoms with E-state index in [1.807, 2.05) is 11.8 Å². The van der Waals surface area contributed by atoms with Crippen molar-refractivity contribution in [3.05, 3.63) is 77.3 Å². The molecule has 0 aromatic heterocycles. The van der Waals surface area contributed by atoms with Gasteiger partial charge in [0.05, 0.1) is 0 Å². The minimum absolute atomic E-state index is 0.321. The Balaban J connectivity index is 1.42. The summed E-state index contributed by atoms with van der Waals surface area (Å²) < 4.78 is 0. The number of benzene rings is 2. The maximum atomic E-state index is 3.81. The van der Waals surface area contributed by atoms with Crippen LogP contribution in [0.2, 0.25) is 0 Å². The van der Waals surface area contributed by atoms with Crippen LogP contribution in [0, 0.1) is 5.92 Å². The minimum atomic E-state index is 0.321. The van der Waals surface area contributed by atoms with Crippen LogP contribution in [0.25, 0.3) is 0 Å². The van der Waals surface area contributed by atoms with Crippen LogP contribution >= 0.6 is 11.8 Å². The molecule has 0 amide bonds. The quantitative estimate of drug-likeness (QED) is 0.554. The number of rotatable bonds is 7. The van der Waals surface area contributed by atoms with Gasteiger partial charge in [0.25, 0.3) is 0 Å². The van der Waals surface area contributed by atoms with Gasteiger partial charge in [-0.1, -0.05) is 80.6 Å². The molecule has 0 bridgehead atoms. The van der Waals surface area contributed by atoms with Crippen LogP contribution in [0.15, 0.2) is 66.2 Å². The molecule has 0 radical (unpaired) electrons. The summed E-state index contributed by atoms with van der Waals surface area (Å²) in [5.74, 6) is 0.923. The van der Waals surface area contributed by atoms with Crippen molar-refractivity contribution in [2.24, 2.45) is 5.92 Å². The SMILES string of the molecule is C[C@@H](CC1CCCCC1)NCc1ccccc1N1C=CSC1c1ccccc1. The first-order valence-corrected chi connectivity index (χ1v) is 11.7. The van der Waals surface area contributed by atoms with E-state index in [0.717, 1.165) is 12.5 Å². The molecule has 4 rings (SSSR count). The van der Waals surface area contributed by atoms with Gasteiger partial charge in [0, 0.05) is 24.5 Å². The molecule has 2 atom stereocenters. The fourth-order valence-corrected chi connectivity index (χ4v) is 5.56. The molecule has 2 nitrogen and oxygen atoms in total. The van der Waals surface area contributed by atoms with Crippen LogP contribution in [0.1, 0.15) is 61.9 Å². The summed E-state index contributed by atoms with van der Waals surface area (Å²) >= 11 is 1.88. The van der Waals surface area contributed by atoms with Gasteiger partial charge in [-0.05, 0) is 41.9 Å². The van der Waals surface area contributed by atoms with Crippen LogP contribution in [-0.4, -0.2) is 6.04 Å². The van der Waals surface area contributed by atoms with E-state index >= 15 is 0 Å². The normalized spacial score (nSPS) is 21.2. The predicted molar refractivity (Wildman–Crippen MR) is 122 cm³/mol. The van der Waals surface area contributed by atoms with Gasteiger partial charge in [0.1, 0.15) is 5.37 Å². The van der Waals surface area contributed by atoms with Crippen LogP contribution in [0.5, 0.6) is 0 Å². The van der Waals surface area contributed by atoms with Gasteiger partial charge in [-0.3, -0.25) is 0 Å². The number of hydrogen-bond donors (Lipinski definition) is 1. The molecule has 28 heavy (non-hydrogen) atoms. The van der Waals surface area contributed by atoms with Crippen LogP contribution in [-0.2, 0) is 6.54 Å². The van der Waals surface area contributed by atoms with Gasteiger partial charge in [0.15, 0.2) is 0 Å². The van der Waals surface area contributed by atoms with Crippen molar-refractivity contribution in [3.63, 3.8) is 0 Å². The van der Waals surface area contributed by atoms with Gasteiger partial charge in [-0.15, -0.1) is 11.8 Å². The number of anilines is 1. The number of nitrogens with zero attached hydrogens (tertiary/aromatic N) is 1. The average Bonchev–Trinajstić information content (AvgIpc) is 3.23. The third kappa shape index (κ3) is 4.82. The Morgan fingerprint density at radius 3 is 2.57 bits per heavy atom.